The topological polar surface area (TPSA) is 72.2 Å². The van der Waals surface area contributed by atoms with Crippen molar-refractivity contribution in [2.45, 2.75) is 45.6 Å². The Morgan fingerprint density at radius 3 is 2.33 bits per heavy atom. The summed E-state index contributed by atoms with van der Waals surface area (Å²) in [5.41, 5.74) is 5.59. The van der Waals surface area contributed by atoms with E-state index < -0.39 is 17.7 Å². The quantitative estimate of drug-likeness (QED) is 0.699. The number of nitrogens with one attached hydrogen (secondary N) is 1. The first kappa shape index (κ1) is 14.1. The number of amides is 1. The molecule has 1 rings (SSSR count). The molecule has 1 atom stereocenters. The van der Waals surface area contributed by atoms with E-state index in [0.717, 1.165) is 12.8 Å². The van der Waals surface area contributed by atoms with Crippen molar-refractivity contribution in [2.75, 3.05) is 7.05 Å². The largest absolute Gasteiger partial charge is 0.353 e. The highest BCUT2D eigenvalue weighted by Crippen LogP contribution is 2.30. The van der Waals surface area contributed by atoms with Crippen LogP contribution in [0.25, 0.3) is 0 Å². The number of carbonyl (C=O) groups excluding carboxylic acids is 2. The molecule has 1 unspecified atom stereocenters. The second-order valence-electron chi connectivity index (χ2n) is 3.58. The molecule has 1 saturated carbocycles. The lowest BCUT2D eigenvalue weighted by atomic mass is 9.80. The Bertz CT molecular complexity index is 222. The first-order valence-corrected chi connectivity index (χ1v) is 5.66. The minimum absolute atomic E-state index is 0. The predicted octanol–water partition coefficient (Wildman–Crippen LogP) is 1.34. The van der Waals surface area contributed by atoms with E-state index in [-0.39, 0.29) is 2.85 Å². The molecule has 0 bridgehead atoms. The molecule has 92 valence electrons. The van der Waals surface area contributed by atoms with Crippen LogP contribution in [0.3, 0.4) is 0 Å². The molecule has 0 aromatic carbocycles. The molecular weight excluding hydrogens is 192 g/mol. The first-order valence-electron chi connectivity index (χ1n) is 5.66. The van der Waals surface area contributed by atoms with E-state index in [1.807, 2.05) is 13.8 Å². The maximum absolute atomic E-state index is 11.2. The van der Waals surface area contributed by atoms with Gasteiger partial charge in [-0.25, -0.2) is 0 Å². The van der Waals surface area contributed by atoms with E-state index in [9.17, 15) is 9.59 Å². The first-order chi connectivity index (χ1) is 7.15. The van der Waals surface area contributed by atoms with Gasteiger partial charge in [0.25, 0.3) is 5.91 Å². The van der Waals surface area contributed by atoms with Crippen molar-refractivity contribution >= 4 is 11.7 Å². The fraction of sp³-hybridized carbons (Fsp3) is 0.818. The van der Waals surface area contributed by atoms with Crippen LogP contribution in [0, 0.1) is 5.92 Å². The zero-order valence-electron chi connectivity index (χ0n) is 9.88. The maximum atomic E-state index is 11.2. The van der Waals surface area contributed by atoms with E-state index in [0.29, 0.717) is 12.3 Å². The third-order valence-electron chi connectivity index (χ3n) is 2.60. The fourth-order valence-corrected chi connectivity index (χ4v) is 1.49. The molecule has 1 fully saturated rings. The molecule has 1 amide bonds. The molecule has 1 aliphatic rings. The molecule has 3 N–H and O–H groups in total. The summed E-state index contributed by atoms with van der Waals surface area (Å²) in [5.74, 6) is -0.509. The molecule has 0 aromatic rings. The Kier molecular flexibility index (Phi) is 6.96. The van der Waals surface area contributed by atoms with Gasteiger partial charge in [0.05, 0.1) is 6.04 Å². The summed E-state index contributed by atoms with van der Waals surface area (Å²) in [6, 6.07) is -0.606. The number of rotatable bonds is 4. The number of hydrogen-bond donors (Lipinski definition) is 2. The van der Waals surface area contributed by atoms with Gasteiger partial charge >= 0.3 is 0 Å². The second-order valence-corrected chi connectivity index (χ2v) is 3.58. The van der Waals surface area contributed by atoms with Crippen molar-refractivity contribution in [1.82, 2.24) is 5.32 Å². The van der Waals surface area contributed by atoms with Crippen LogP contribution in [-0.2, 0) is 9.59 Å². The van der Waals surface area contributed by atoms with Crippen LogP contribution in [0.2, 0.25) is 0 Å². The van der Waals surface area contributed by atoms with Crippen LogP contribution >= 0.6 is 0 Å². The van der Waals surface area contributed by atoms with Gasteiger partial charge in [-0.15, -0.1) is 0 Å². The number of hydrogen-bond acceptors (Lipinski definition) is 3. The zero-order chi connectivity index (χ0) is 11.8. The second kappa shape index (κ2) is 7.40. The van der Waals surface area contributed by atoms with Crippen LogP contribution in [0.5, 0.6) is 0 Å². The Hall–Kier alpha value is -0.900. The summed E-state index contributed by atoms with van der Waals surface area (Å²) in [5, 5.41) is 2.29. The van der Waals surface area contributed by atoms with Gasteiger partial charge in [-0.3, -0.25) is 9.59 Å². The number of carbonyl (C=O) groups is 2. The van der Waals surface area contributed by atoms with Gasteiger partial charge < -0.3 is 11.1 Å². The lowest BCUT2D eigenvalue weighted by molar-refractivity contribution is -0.138. The van der Waals surface area contributed by atoms with Crippen molar-refractivity contribution in [3.63, 3.8) is 0 Å². The number of ketones is 1. The molecule has 0 heterocycles. The third-order valence-corrected chi connectivity index (χ3v) is 2.60. The van der Waals surface area contributed by atoms with Crippen LogP contribution in [-0.4, -0.2) is 24.8 Å². The van der Waals surface area contributed by atoms with E-state index in [1.165, 1.54) is 13.5 Å². The van der Waals surface area contributed by atoms with E-state index in [2.05, 4.69) is 5.32 Å². The monoisotopic (exact) mass is 218 g/mol. The van der Waals surface area contributed by atoms with Crippen molar-refractivity contribution < 1.29 is 12.4 Å². The lowest BCUT2D eigenvalue weighted by Gasteiger charge is -2.27. The van der Waals surface area contributed by atoms with E-state index in [4.69, 9.17) is 5.73 Å². The van der Waals surface area contributed by atoms with Gasteiger partial charge in [-0.2, -0.15) is 0 Å². The molecular formula is C11H26N2O2. The van der Waals surface area contributed by atoms with Crippen molar-refractivity contribution in [3.05, 3.63) is 0 Å². The van der Waals surface area contributed by atoms with Gasteiger partial charge in [0.2, 0.25) is 5.78 Å². The van der Waals surface area contributed by atoms with E-state index >= 15 is 0 Å². The predicted molar refractivity (Wildman–Crippen MR) is 64.6 cm³/mol. The molecule has 1 aliphatic carbocycles. The van der Waals surface area contributed by atoms with Gasteiger partial charge in [-0.1, -0.05) is 33.1 Å². The van der Waals surface area contributed by atoms with Gasteiger partial charge in [0, 0.05) is 9.90 Å². The Morgan fingerprint density at radius 2 is 2.00 bits per heavy atom. The number of likely N-dealkylation sites (N-methyl/N-ethyl adjacent to an activating group) is 1. The Labute approximate surface area is 94.6 Å². The van der Waals surface area contributed by atoms with Crippen molar-refractivity contribution in [1.29, 1.82) is 0 Å². The van der Waals surface area contributed by atoms with Gasteiger partial charge in [0.15, 0.2) is 0 Å². The average molecular weight is 218 g/mol. The maximum Gasteiger partial charge on any atom is 0.288 e. The standard InChI is InChI=1S/C9H16N2O2.C2H6.2H2/c1-11-9(13)8(12)7(10)5-6-3-2-4-6;1-2;;/h6-7H,2-5,10H2,1H3,(H,11,13);1-2H3;2*1H. The lowest BCUT2D eigenvalue weighted by Crippen LogP contribution is -2.42. The summed E-state index contributed by atoms with van der Waals surface area (Å²) < 4.78 is 0. The van der Waals surface area contributed by atoms with Crippen LogP contribution in [0.4, 0.5) is 0 Å². The van der Waals surface area contributed by atoms with Crippen molar-refractivity contribution in [3.8, 4) is 0 Å². The third kappa shape index (κ3) is 4.42. The van der Waals surface area contributed by atoms with Crippen LogP contribution < -0.4 is 11.1 Å². The number of Topliss-reactive ketones (excluding diaryl/α,β-unsaturated/α-hetero) is 1. The molecule has 0 spiro atoms. The highest BCUT2D eigenvalue weighted by atomic mass is 16.2. The molecule has 0 aromatic heterocycles. The molecule has 4 nitrogen and oxygen atoms in total. The fourth-order valence-electron chi connectivity index (χ4n) is 1.49. The molecule has 0 aliphatic heterocycles. The molecule has 0 saturated heterocycles. The molecule has 4 heteroatoms. The SMILES string of the molecule is CC.CNC(=O)C(=O)C(N)CC1CCC1.[HH].[HH]. The summed E-state index contributed by atoms with van der Waals surface area (Å²) in [4.78, 5) is 22.1. The zero-order valence-corrected chi connectivity index (χ0v) is 9.88. The Morgan fingerprint density at radius 1 is 1.47 bits per heavy atom. The van der Waals surface area contributed by atoms with Crippen LogP contribution in [0.15, 0.2) is 0 Å². The summed E-state index contributed by atoms with van der Waals surface area (Å²) in [7, 11) is 1.44. The average Bonchev–Trinajstić information content (AvgIpc) is 2.23. The smallest absolute Gasteiger partial charge is 0.288 e. The Balaban J connectivity index is -0.000000464. The van der Waals surface area contributed by atoms with Crippen LogP contribution in [0.1, 0.15) is 42.4 Å². The van der Waals surface area contributed by atoms with E-state index in [1.54, 1.807) is 0 Å². The number of nitrogens with two attached hydrogens (primary N) is 1. The van der Waals surface area contributed by atoms with Crippen molar-refractivity contribution in [2.24, 2.45) is 11.7 Å². The highest BCUT2D eigenvalue weighted by Gasteiger charge is 2.26. The summed E-state index contributed by atoms with van der Waals surface area (Å²) in [6.45, 7) is 4.00. The minimum Gasteiger partial charge on any atom is -0.353 e. The molecule has 15 heavy (non-hydrogen) atoms. The minimum atomic E-state index is -0.606. The molecule has 0 radical (unpaired) electrons. The normalized spacial score (nSPS) is 16.8. The summed E-state index contributed by atoms with van der Waals surface area (Å²) in [6.07, 6.45) is 4.18. The summed E-state index contributed by atoms with van der Waals surface area (Å²) >= 11 is 0. The van der Waals surface area contributed by atoms with Gasteiger partial charge in [-0.05, 0) is 12.3 Å². The van der Waals surface area contributed by atoms with Gasteiger partial charge in [0.1, 0.15) is 0 Å². The highest BCUT2D eigenvalue weighted by molar-refractivity contribution is 6.38.